The van der Waals surface area contributed by atoms with Crippen molar-refractivity contribution in [3.63, 3.8) is 0 Å². The van der Waals surface area contributed by atoms with Crippen LogP contribution in [0, 0.1) is 13.8 Å². The summed E-state index contributed by atoms with van der Waals surface area (Å²) in [5.41, 5.74) is 3.39. The summed E-state index contributed by atoms with van der Waals surface area (Å²) in [7, 11) is 0. The topological polar surface area (TPSA) is 55.6 Å². The van der Waals surface area contributed by atoms with Crippen molar-refractivity contribution in [3.8, 4) is 10.6 Å². The van der Waals surface area contributed by atoms with E-state index in [9.17, 15) is 0 Å². The summed E-state index contributed by atoms with van der Waals surface area (Å²) in [5, 5.41) is 18.0. The van der Waals surface area contributed by atoms with Gasteiger partial charge in [0.05, 0.1) is 5.69 Å². The molecule has 0 radical (unpaired) electrons. The molecule has 0 aliphatic heterocycles. The Labute approximate surface area is 134 Å². The summed E-state index contributed by atoms with van der Waals surface area (Å²) < 4.78 is 2.05. The SMILES string of the molecule is Cc1cc(C)n(CCCNc2nnc(-c3ccccc3)s2)n1. The van der Waals surface area contributed by atoms with E-state index < -0.39 is 0 Å². The van der Waals surface area contributed by atoms with Gasteiger partial charge in [-0.3, -0.25) is 4.68 Å². The minimum Gasteiger partial charge on any atom is -0.360 e. The molecule has 0 saturated carbocycles. The van der Waals surface area contributed by atoms with E-state index in [-0.39, 0.29) is 0 Å². The molecule has 0 unspecified atom stereocenters. The molecular formula is C16H19N5S. The summed E-state index contributed by atoms with van der Waals surface area (Å²) in [6, 6.07) is 12.2. The second-order valence-corrected chi connectivity index (χ2v) is 6.19. The minimum absolute atomic E-state index is 0.863. The lowest BCUT2D eigenvalue weighted by Gasteiger charge is -2.04. The van der Waals surface area contributed by atoms with Crippen LogP contribution in [-0.2, 0) is 6.54 Å². The summed E-state index contributed by atoms with van der Waals surface area (Å²) in [6.45, 7) is 5.89. The van der Waals surface area contributed by atoms with Crippen molar-refractivity contribution >= 4 is 16.5 Å². The molecule has 2 aromatic heterocycles. The molecule has 0 spiro atoms. The average molecular weight is 313 g/mol. The van der Waals surface area contributed by atoms with Gasteiger partial charge in [0.2, 0.25) is 5.13 Å². The third kappa shape index (κ3) is 3.51. The summed E-state index contributed by atoms with van der Waals surface area (Å²) in [6.07, 6.45) is 1.00. The quantitative estimate of drug-likeness (QED) is 0.707. The molecule has 3 aromatic rings. The Kier molecular flexibility index (Phi) is 4.48. The van der Waals surface area contributed by atoms with Gasteiger partial charge >= 0.3 is 0 Å². The maximum Gasteiger partial charge on any atom is 0.206 e. The fraction of sp³-hybridized carbons (Fsp3) is 0.312. The second-order valence-electron chi connectivity index (χ2n) is 5.21. The molecular weight excluding hydrogens is 294 g/mol. The van der Waals surface area contributed by atoms with Crippen LogP contribution >= 0.6 is 11.3 Å². The fourth-order valence-electron chi connectivity index (χ4n) is 2.32. The van der Waals surface area contributed by atoms with Gasteiger partial charge in [0.25, 0.3) is 0 Å². The highest BCUT2D eigenvalue weighted by Gasteiger charge is 2.06. The van der Waals surface area contributed by atoms with Crippen molar-refractivity contribution < 1.29 is 0 Å². The lowest BCUT2D eigenvalue weighted by atomic mass is 10.2. The van der Waals surface area contributed by atoms with Crippen molar-refractivity contribution in [1.29, 1.82) is 0 Å². The van der Waals surface area contributed by atoms with Crippen LogP contribution in [0.5, 0.6) is 0 Å². The Morgan fingerprint density at radius 1 is 1.14 bits per heavy atom. The molecule has 0 amide bonds. The summed E-state index contributed by atoms with van der Waals surface area (Å²) in [4.78, 5) is 0. The van der Waals surface area contributed by atoms with Gasteiger partial charge in [-0.15, -0.1) is 10.2 Å². The molecule has 0 saturated heterocycles. The molecule has 6 heteroatoms. The fourth-order valence-corrected chi connectivity index (χ4v) is 3.09. The Hall–Kier alpha value is -2.21. The summed E-state index contributed by atoms with van der Waals surface area (Å²) in [5.74, 6) is 0. The number of aromatic nitrogens is 4. The zero-order valence-corrected chi connectivity index (χ0v) is 13.6. The maximum absolute atomic E-state index is 4.46. The van der Waals surface area contributed by atoms with E-state index in [2.05, 4.69) is 33.6 Å². The Morgan fingerprint density at radius 2 is 1.95 bits per heavy atom. The van der Waals surface area contributed by atoms with Crippen molar-refractivity contribution in [2.75, 3.05) is 11.9 Å². The van der Waals surface area contributed by atoms with Crippen molar-refractivity contribution in [2.45, 2.75) is 26.8 Å². The van der Waals surface area contributed by atoms with E-state index in [4.69, 9.17) is 0 Å². The van der Waals surface area contributed by atoms with E-state index in [1.165, 1.54) is 5.69 Å². The molecule has 2 heterocycles. The van der Waals surface area contributed by atoms with Crippen molar-refractivity contribution in [1.82, 2.24) is 20.0 Å². The largest absolute Gasteiger partial charge is 0.360 e. The number of nitrogens with one attached hydrogen (secondary N) is 1. The van der Waals surface area contributed by atoms with Crippen LogP contribution in [0.4, 0.5) is 5.13 Å². The number of hydrogen-bond acceptors (Lipinski definition) is 5. The molecule has 0 aliphatic carbocycles. The first-order chi connectivity index (χ1) is 10.7. The summed E-state index contributed by atoms with van der Waals surface area (Å²) >= 11 is 1.58. The Morgan fingerprint density at radius 3 is 2.68 bits per heavy atom. The van der Waals surface area contributed by atoms with Gasteiger partial charge in [-0.05, 0) is 26.3 Å². The van der Waals surface area contributed by atoms with Gasteiger partial charge in [-0.2, -0.15) is 5.10 Å². The van der Waals surface area contributed by atoms with Crippen molar-refractivity contribution in [2.24, 2.45) is 0 Å². The van der Waals surface area contributed by atoms with Gasteiger partial charge in [0.15, 0.2) is 0 Å². The number of anilines is 1. The van der Waals surface area contributed by atoms with E-state index in [0.717, 1.165) is 40.9 Å². The molecule has 3 rings (SSSR count). The van der Waals surface area contributed by atoms with Crippen LogP contribution < -0.4 is 5.32 Å². The molecule has 114 valence electrons. The van der Waals surface area contributed by atoms with E-state index in [1.807, 2.05) is 41.9 Å². The molecule has 1 aromatic carbocycles. The van der Waals surface area contributed by atoms with Crippen LogP contribution in [0.1, 0.15) is 17.8 Å². The maximum atomic E-state index is 4.46. The molecule has 0 bridgehead atoms. The van der Waals surface area contributed by atoms with E-state index in [0.29, 0.717) is 0 Å². The first-order valence-corrected chi connectivity index (χ1v) is 8.18. The normalized spacial score (nSPS) is 10.8. The molecule has 22 heavy (non-hydrogen) atoms. The van der Waals surface area contributed by atoms with Gasteiger partial charge in [0, 0.05) is 24.3 Å². The standard InChI is InChI=1S/C16H19N5S/c1-12-11-13(2)21(20-12)10-6-9-17-16-19-18-15(22-16)14-7-4-3-5-8-14/h3-5,7-8,11H,6,9-10H2,1-2H3,(H,17,19). The highest BCUT2D eigenvalue weighted by molar-refractivity contribution is 7.18. The predicted octanol–water partition coefficient (Wildman–Crippen LogP) is 3.52. The lowest BCUT2D eigenvalue weighted by molar-refractivity contribution is 0.573. The van der Waals surface area contributed by atoms with Gasteiger partial charge < -0.3 is 5.32 Å². The van der Waals surface area contributed by atoms with Gasteiger partial charge in [-0.1, -0.05) is 41.7 Å². The van der Waals surface area contributed by atoms with Crippen LogP contribution in [-0.4, -0.2) is 26.5 Å². The van der Waals surface area contributed by atoms with Crippen LogP contribution in [0.2, 0.25) is 0 Å². The van der Waals surface area contributed by atoms with E-state index >= 15 is 0 Å². The van der Waals surface area contributed by atoms with Crippen LogP contribution in [0.15, 0.2) is 36.4 Å². The van der Waals surface area contributed by atoms with Crippen LogP contribution in [0.25, 0.3) is 10.6 Å². The third-order valence-electron chi connectivity index (χ3n) is 3.37. The highest BCUT2D eigenvalue weighted by atomic mass is 32.1. The molecule has 0 atom stereocenters. The Balaban J connectivity index is 1.50. The van der Waals surface area contributed by atoms with Gasteiger partial charge in [0.1, 0.15) is 5.01 Å². The minimum atomic E-state index is 0.863. The van der Waals surface area contributed by atoms with Crippen molar-refractivity contribution in [3.05, 3.63) is 47.8 Å². The molecule has 0 fully saturated rings. The smallest absolute Gasteiger partial charge is 0.206 e. The highest BCUT2D eigenvalue weighted by Crippen LogP contribution is 2.25. The first-order valence-electron chi connectivity index (χ1n) is 7.36. The zero-order valence-electron chi connectivity index (χ0n) is 12.8. The molecule has 1 N–H and O–H groups in total. The van der Waals surface area contributed by atoms with E-state index in [1.54, 1.807) is 11.3 Å². The second kappa shape index (κ2) is 6.70. The lowest BCUT2D eigenvalue weighted by Crippen LogP contribution is -2.08. The average Bonchev–Trinajstić information content (AvgIpc) is 3.11. The van der Waals surface area contributed by atoms with Gasteiger partial charge in [-0.25, -0.2) is 0 Å². The number of aryl methyl sites for hydroxylation is 3. The first kappa shape index (κ1) is 14.7. The number of rotatable bonds is 6. The molecule has 0 aliphatic rings. The Bertz CT molecular complexity index is 732. The number of nitrogens with zero attached hydrogens (tertiary/aromatic N) is 4. The van der Waals surface area contributed by atoms with Crippen LogP contribution in [0.3, 0.4) is 0 Å². The monoisotopic (exact) mass is 313 g/mol. The zero-order chi connectivity index (χ0) is 15.4. The third-order valence-corrected chi connectivity index (χ3v) is 4.30. The predicted molar refractivity (Wildman–Crippen MR) is 90.2 cm³/mol. The number of hydrogen-bond donors (Lipinski definition) is 1. The number of benzene rings is 1. The molecule has 5 nitrogen and oxygen atoms in total.